The molecule has 24 heavy (non-hydrogen) atoms. The number of thioether (sulfide) groups is 1. The van der Waals surface area contributed by atoms with Crippen LogP contribution in [0, 0.1) is 5.92 Å². The fourth-order valence-electron chi connectivity index (χ4n) is 3.31. The molecule has 0 saturated carbocycles. The maximum Gasteiger partial charge on any atom is 0.230 e. The number of rotatable bonds is 6. The van der Waals surface area contributed by atoms with Gasteiger partial charge in [-0.05, 0) is 44.1 Å². The molecule has 2 heterocycles. The average molecular weight is 364 g/mol. The normalized spacial score (nSPS) is 18.4. The van der Waals surface area contributed by atoms with Gasteiger partial charge in [0.2, 0.25) is 5.91 Å². The van der Waals surface area contributed by atoms with Gasteiger partial charge >= 0.3 is 0 Å². The summed E-state index contributed by atoms with van der Waals surface area (Å²) in [6.07, 6.45) is 7.22. The third-order valence-corrected chi connectivity index (χ3v) is 6.68. The van der Waals surface area contributed by atoms with Crippen molar-refractivity contribution in [2.75, 3.05) is 5.75 Å². The number of hydrogen-bond donors (Lipinski definition) is 1. The molecule has 3 rings (SSSR count). The van der Waals surface area contributed by atoms with E-state index in [9.17, 15) is 4.79 Å². The summed E-state index contributed by atoms with van der Waals surface area (Å²) in [5, 5.41) is 5.22. The van der Waals surface area contributed by atoms with Crippen LogP contribution in [0.4, 0.5) is 0 Å². The molecule has 0 fully saturated rings. The highest BCUT2D eigenvalue weighted by molar-refractivity contribution is 8.00. The van der Waals surface area contributed by atoms with Crippen LogP contribution < -0.4 is 5.32 Å². The van der Waals surface area contributed by atoms with E-state index in [2.05, 4.69) is 36.1 Å². The number of carbonyl (C=O) groups is 1. The minimum Gasteiger partial charge on any atom is -0.353 e. The van der Waals surface area contributed by atoms with Gasteiger partial charge in [0, 0.05) is 16.3 Å². The summed E-state index contributed by atoms with van der Waals surface area (Å²) in [5.74, 6) is 1.26. The maximum atomic E-state index is 12.1. The van der Waals surface area contributed by atoms with Gasteiger partial charge in [0.25, 0.3) is 0 Å². The highest BCUT2D eigenvalue weighted by Gasteiger charge is 2.23. The Kier molecular flexibility index (Phi) is 5.76. The van der Waals surface area contributed by atoms with Crippen molar-refractivity contribution in [2.45, 2.75) is 63.9 Å². The van der Waals surface area contributed by atoms with E-state index in [4.69, 9.17) is 0 Å². The minimum atomic E-state index is 0.0884. The fourth-order valence-corrected chi connectivity index (χ4v) is 5.56. The smallest absolute Gasteiger partial charge is 0.230 e. The van der Waals surface area contributed by atoms with Crippen molar-refractivity contribution in [3.05, 3.63) is 16.8 Å². The first-order chi connectivity index (χ1) is 11.6. The van der Waals surface area contributed by atoms with Crippen LogP contribution in [0.5, 0.6) is 0 Å². The first kappa shape index (κ1) is 17.7. The zero-order chi connectivity index (χ0) is 17.1. The zero-order valence-corrected chi connectivity index (χ0v) is 16.2. The van der Waals surface area contributed by atoms with Crippen LogP contribution >= 0.6 is 23.1 Å². The quantitative estimate of drug-likeness (QED) is 0.617. The molecular formula is C18H25N3OS2. The second-order valence-electron chi connectivity index (χ2n) is 6.76. The van der Waals surface area contributed by atoms with Crippen LogP contribution in [-0.2, 0) is 17.6 Å². The molecular weight excluding hydrogens is 338 g/mol. The van der Waals surface area contributed by atoms with Crippen molar-refractivity contribution in [1.82, 2.24) is 15.3 Å². The predicted molar refractivity (Wildman–Crippen MR) is 102 cm³/mol. The number of nitrogens with one attached hydrogen (secondary N) is 1. The van der Waals surface area contributed by atoms with Crippen LogP contribution in [-0.4, -0.2) is 27.7 Å². The van der Waals surface area contributed by atoms with E-state index in [1.165, 1.54) is 34.0 Å². The lowest BCUT2D eigenvalue weighted by Crippen LogP contribution is -2.33. The van der Waals surface area contributed by atoms with Gasteiger partial charge in [-0.15, -0.1) is 11.3 Å². The molecule has 0 unspecified atom stereocenters. The first-order valence-corrected chi connectivity index (χ1v) is 10.6. The van der Waals surface area contributed by atoms with Gasteiger partial charge < -0.3 is 5.32 Å². The van der Waals surface area contributed by atoms with Crippen molar-refractivity contribution in [3.63, 3.8) is 0 Å². The van der Waals surface area contributed by atoms with Crippen molar-refractivity contribution in [1.29, 1.82) is 0 Å². The summed E-state index contributed by atoms with van der Waals surface area (Å²) in [7, 11) is 0. The largest absolute Gasteiger partial charge is 0.353 e. The highest BCUT2D eigenvalue weighted by Crippen LogP contribution is 2.40. The Morgan fingerprint density at radius 2 is 2.33 bits per heavy atom. The number of carbonyl (C=O) groups excluding carboxylic acids is 1. The third kappa shape index (κ3) is 3.91. The van der Waals surface area contributed by atoms with Crippen LogP contribution in [0.25, 0.3) is 10.2 Å². The number of amides is 1. The molecule has 1 aliphatic carbocycles. The van der Waals surface area contributed by atoms with Crippen LogP contribution in [0.1, 0.15) is 50.5 Å². The Hall–Kier alpha value is -1.14. The molecule has 2 atom stereocenters. The number of aryl methyl sites for hydroxylation is 1. The maximum absolute atomic E-state index is 12.1. The van der Waals surface area contributed by atoms with Gasteiger partial charge in [0.15, 0.2) is 0 Å². The van der Waals surface area contributed by atoms with E-state index >= 15 is 0 Å². The number of fused-ring (bicyclic) bond motifs is 3. The van der Waals surface area contributed by atoms with Gasteiger partial charge in [-0.2, -0.15) is 0 Å². The van der Waals surface area contributed by atoms with Crippen LogP contribution in [0.15, 0.2) is 11.4 Å². The summed E-state index contributed by atoms with van der Waals surface area (Å²) in [6, 6.07) is 0.240. The molecule has 2 aromatic heterocycles. The molecule has 0 spiro atoms. The summed E-state index contributed by atoms with van der Waals surface area (Å²) in [5.41, 5.74) is 1.43. The van der Waals surface area contributed by atoms with Crippen molar-refractivity contribution in [3.8, 4) is 0 Å². The Morgan fingerprint density at radius 1 is 1.50 bits per heavy atom. The van der Waals surface area contributed by atoms with Gasteiger partial charge in [-0.1, -0.05) is 32.0 Å². The summed E-state index contributed by atoms with van der Waals surface area (Å²) < 4.78 is 0. The lowest BCUT2D eigenvalue weighted by molar-refractivity contribution is -0.119. The molecule has 1 N–H and O–H groups in total. The lowest BCUT2D eigenvalue weighted by Gasteiger charge is -2.18. The van der Waals surface area contributed by atoms with E-state index in [1.54, 1.807) is 17.7 Å². The summed E-state index contributed by atoms with van der Waals surface area (Å²) in [4.78, 5) is 23.6. The van der Waals surface area contributed by atoms with Crippen molar-refractivity contribution < 1.29 is 4.79 Å². The SMILES string of the molecule is CCC[C@H](C)NC(=O)CSc1ncnc2sc3c(c12)CC[C@H](C)C3. The molecule has 0 bridgehead atoms. The molecule has 2 aromatic rings. The Morgan fingerprint density at radius 3 is 3.12 bits per heavy atom. The van der Waals surface area contributed by atoms with Crippen LogP contribution in [0.2, 0.25) is 0 Å². The monoisotopic (exact) mass is 363 g/mol. The molecule has 0 radical (unpaired) electrons. The Bertz CT molecular complexity index is 728. The Labute approximate surface area is 151 Å². The topological polar surface area (TPSA) is 54.9 Å². The van der Waals surface area contributed by atoms with Crippen molar-refractivity contribution >= 4 is 39.2 Å². The molecule has 6 heteroatoms. The molecule has 4 nitrogen and oxygen atoms in total. The number of aromatic nitrogens is 2. The molecule has 0 aromatic carbocycles. The van der Waals surface area contributed by atoms with E-state index < -0.39 is 0 Å². The van der Waals surface area contributed by atoms with E-state index in [0.717, 1.165) is 41.5 Å². The van der Waals surface area contributed by atoms with Gasteiger partial charge in [0.05, 0.1) is 5.75 Å². The number of nitrogens with zero attached hydrogens (tertiary/aromatic N) is 2. The molecule has 1 aliphatic rings. The highest BCUT2D eigenvalue weighted by atomic mass is 32.2. The van der Waals surface area contributed by atoms with Crippen molar-refractivity contribution in [2.24, 2.45) is 5.92 Å². The first-order valence-electron chi connectivity index (χ1n) is 8.75. The third-order valence-electron chi connectivity index (χ3n) is 4.53. The lowest BCUT2D eigenvalue weighted by atomic mass is 9.89. The molecule has 0 saturated heterocycles. The number of hydrogen-bond acceptors (Lipinski definition) is 5. The van der Waals surface area contributed by atoms with Gasteiger partial charge in [0.1, 0.15) is 16.2 Å². The van der Waals surface area contributed by atoms with Gasteiger partial charge in [-0.25, -0.2) is 9.97 Å². The second kappa shape index (κ2) is 7.83. The molecule has 0 aliphatic heterocycles. The van der Waals surface area contributed by atoms with E-state index in [1.807, 2.05) is 0 Å². The zero-order valence-electron chi connectivity index (χ0n) is 14.6. The summed E-state index contributed by atoms with van der Waals surface area (Å²) in [6.45, 7) is 6.51. The number of thiophene rings is 1. The Balaban J connectivity index is 1.74. The summed E-state index contributed by atoms with van der Waals surface area (Å²) >= 11 is 3.34. The van der Waals surface area contributed by atoms with Gasteiger partial charge in [-0.3, -0.25) is 4.79 Å². The standard InChI is InChI=1S/C18H25N3OS2/c1-4-5-12(3)21-15(22)9-23-17-16-13-7-6-11(2)8-14(13)24-18(16)20-10-19-17/h10-12H,4-9H2,1-3H3,(H,21,22)/t11-,12-/m0/s1. The van der Waals surface area contributed by atoms with Crippen LogP contribution in [0.3, 0.4) is 0 Å². The van der Waals surface area contributed by atoms with E-state index in [-0.39, 0.29) is 11.9 Å². The minimum absolute atomic E-state index is 0.0884. The average Bonchev–Trinajstić information content (AvgIpc) is 2.90. The molecule has 130 valence electrons. The predicted octanol–water partition coefficient (Wildman–Crippen LogP) is 4.21. The fraction of sp³-hybridized carbons (Fsp3) is 0.611. The second-order valence-corrected chi connectivity index (χ2v) is 8.80. The van der Waals surface area contributed by atoms with E-state index in [0.29, 0.717) is 5.75 Å². The molecule has 1 amide bonds.